The van der Waals surface area contributed by atoms with Crippen molar-refractivity contribution in [2.45, 2.75) is 65.3 Å². The summed E-state index contributed by atoms with van der Waals surface area (Å²) in [5, 5.41) is 3.33. The first-order valence-corrected chi connectivity index (χ1v) is 8.70. The Bertz CT molecular complexity index is 309. The number of esters is 1. The van der Waals surface area contributed by atoms with Gasteiger partial charge in [0.05, 0.1) is 6.61 Å². The maximum Gasteiger partial charge on any atom is 0.327 e. The summed E-state index contributed by atoms with van der Waals surface area (Å²) in [6, 6.07) is 0. The summed E-state index contributed by atoms with van der Waals surface area (Å²) in [6.07, 6.45) is 6.47. The van der Waals surface area contributed by atoms with E-state index >= 15 is 0 Å². The van der Waals surface area contributed by atoms with Crippen LogP contribution in [-0.2, 0) is 9.53 Å². The Balaban J connectivity index is 2.60. The summed E-state index contributed by atoms with van der Waals surface area (Å²) >= 11 is 0. The maximum atomic E-state index is 12.3. The minimum absolute atomic E-state index is 0.124. The lowest BCUT2D eigenvalue weighted by Gasteiger charge is -2.33. The third-order valence-electron chi connectivity index (χ3n) is 4.47. The quantitative estimate of drug-likeness (QED) is 0.700. The van der Waals surface area contributed by atoms with Gasteiger partial charge in [0.1, 0.15) is 5.54 Å². The Morgan fingerprint density at radius 2 is 2.05 bits per heavy atom. The van der Waals surface area contributed by atoms with Crippen LogP contribution in [0.5, 0.6) is 0 Å². The van der Waals surface area contributed by atoms with Crippen LogP contribution in [0.15, 0.2) is 0 Å². The second-order valence-electron chi connectivity index (χ2n) is 6.44. The summed E-state index contributed by atoms with van der Waals surface area (Å²) in [4.78, 5) is 14.7. The molecule has 1 saturated heterocycles. The van der Waals surface area contributed by atoms with E-state index in [1.54, 1.807) is 0 Å². The van der Waals surface area contributed by atoms with E-state index in [1.807, 2.05) is 20.8 Å². The highest BCUT2D eigenvalue weighted by molar-refractivity contribution is 5.80. The van der Waals surface area contributed by atoms with E-state index in [-0.39, 0.29) is 5.97 Å². The van der Waals surface area contributed by atoms with Crippen LogP contribution in [0.1, 0.15) is 59.8 Å². The van der Waals surface area contributed by atoms with E-state index in [0.29, 0.717) is 6.61 Å². The molecular weight excluding hydrogens is 264 g/mol. The minimum atomic E-state index is -0.588. The predicted molar refractivity (Wildman–Crippen MR) is 87.4 cm³/mol. The lowest BCUT2D eigenvalue weighted by Crippen LogP contribution is -2.57. The van der Waals surface area contributed by atoms with Crippen molar-refractivity contribution in [2.24, 2.45) is 5.92 Å². The lowest BCUT2D eigenvalue weighted by molar-refractivity contribution is -0.151. The van der Waals surface area contributed by atoms with E-state index in [0.717, 1.165) is 32.1 Å². The number of rotatable bonds is 8. The van der Waals surface area contributed by atoms with Crippen LogP contribution in [0, 0.1) is 5.92 Å². The molecule has 2 atom stereocenters. The number of carbonyl (C=O) groups is 1. The molecule has 1 rings (SSSR count). The summed E-state index contributed by atoms with van der Waals surface area (Å²) in [6.45, 7) is 12.3. The molecule has 124 valence electrons. The molecule has 2 unspecified atom stereocenters. The maximum absolute atomic E-state index is 12.3. The van der Waals surface area contributed by atoms with Crippen LogP contribution < -0.4 is 5.32 Å². The van der Waals surface area contributed by atoms with Gasteiger partial charge < -0.3 is 15.0 Å². The average molecular weight is 298 g/mol. The zero-order chi connectivity index (χ0) is 15.7. The normalized spacial score (nSPS) is 23.3. The summed E-state index contributed by atoms with van der Waals surface area (Å²) in [5.41, 5.74) is -0.588. The number of nitrogens with zero attached hydrogens (tertiary/aromatic N) is 1. The van der Waals surface area contributed by atoms with Gasteiger partial charge in [-0.3, -0.25) is 4.79 Å². The third-order valence-corrected chi connectivity index (χ3v) is 4.47. The second-order valence-corrected chi connectivity index (χ2v) is 6.44. The Labute approximate surface area is 130 Å². The van der Waals surface area contributed by atoms with Gasteiger partial charge in [-0.25, -0.2) is 0 Å². The first-order chi connectivity index (χ1) is 10.1. The fourth-order valence-electron chi connectivity index (χ4n) is 3.40. The van der Waals surface area contributed by atoms with Crippen LogP contribution >= 0.6 is 0 Å². The number of likely N-dealkylation sites (tertiary alicyclic amines) is 1. The van der Waals surface area contributed by atoms with Crippen molar-refractivity contribution in [3.8, 4) is 0 Å². The predicted octanol–water partition coefficient (Wildman–Crippen LogP) is 2.82. The van der Waals surface area contributed by atoms with Crippen molar-refractivity contribution < 1.29 is 9.53 Å². The van der Waals surface area contributed by atoms with Crippen molar-refractivity contribution in [1.82, 2.24) is 10.2 Å². The fraction of sp³-hybridized carbons (Fsp3) is 0.941. The fourth-order valence-corrected chi connectivity index (χ4v) is 3.40. The van der Waals surface area contributed by atoms with Crippen LogP contribution in [-0.4, -0.2) is 49.2 Å². The zero-order valence-corrected chi connectivity index (χ0v) is 14.4. The molecule has 1 fully saturated rings. The van der Waals surface area contributed by atoms with Crippen molar-refractivity contribution in [3.63, 3.8) is 0 Å². The van der Waals surface area contributed by atoms with Gasteiger partial charge >= 0.3 is 5.97 Å². The molecule has 0 saturated carbocycles. The molecule has 0 radical (unpaired) electrons. The van der Waals surface area contributed by atoms with Crippen molar-refractivity contribution >= 4 is 5.97 Å². The van der Waals surface area contributed by atoms with Crippen LogP contribution in [0.2, 0.25) is 0 Å². The molecule has 1 aliphatic rings. The Hall–Kier alpha value is -0.610. The van der Waals surface area contributed by atoms with Crippen molar-refractivity contribution in [2.75, 3.05) is 32.8 Å². The van der Waals surface area contributed by atoms with Gasteiger partial charge in [0.15, 0.2) is 0 Å². The number of carbonyl (C=O) groups excluding carboxylic acids is 1. The number of nitrogens with one attached hydrogen (secondary N) is 1. The summed E-state index contributed by atoms with van der Waals surface area (Å²) in [5.74, 6) is 0.745. The standard InChI is InChI=1S/C17H34N2O2/c1-5-9-15-10-8-12-19(13-11-15)14-17(4,18-6-2)16(20)21-7-3/h15,18H,5-14H2,1-4H3. The van der Waals surface area contributed by atoms with Gasteiger partial charge in [0.25, 0.3) is 0 Å². The molecule has 1 aliphatic heterocycles. The van der Waals surface area contributed by atoms with E-state index in [4.69, 9.17) is 4.74 Å². The Morgan fingerprint density at radius 3 is 2.67 bits per heavy atom. The largest absolute Gasteiger partial charge is 0.465 e. The summed E-state index contributed by atoms with van der Waals surface area (Å²) in [7, 11) is 0. The van der Waals surface area contributed by atoms with Crippen LogP contribution in [0.3, 0.4) is 0 Å². The van der Waals surface area contributed by atoms with Gasteiger partial charge in [-0.2, -0.15) is 0 Å². The number of ether oxygens (including phenoxy) is 1. The molecule has 0 aliphatic carbocycles. The van der Waals surface area contributed by atoms with Crippen molar-refractivity contribution in [3.05, 3.63) is 0 Å². The van der Waals surface area contributed by atoms with Gasteiger partial charge in [-0.15, -0.1) is 0 Å². The number of hydrogen-bond donors (Lipinski definition) is 1. The molecule has 21 heavy (non-hydrogen) atoms. The van der Waals surface area contributed by atoms with Gasteiger partial charge in [0.2, 0.25) is 0 Å². The Kier molecular flexibility index (Phi) is 8.27. The monoisotopic (exact) mass is 298 g/mol. The van der Waals surface area contributed by atoms with E-state index in [1.165, 1.54) is 32.1 Å². The number of hydrogen-bond acceptors (Lipinski definition) is 4. The highest BCUT2D eigenvalue weighted by Crippen LogP contribution is 2.23. The molecular formula is C17H34N2O2. The highest BCUT2D eigenvalue weighted by Gasteiger charge is 2.36. The first kappa shape index (κ1) is 18.4. The molecule has 0 aromatic carbocycles. The van der Waals surface area contributed by atoms with Gasteiger partial charge in [0, 0.05) is 6.54 Å². The average Bonchev–Trinajstić information content (AvgIpc) is 2.65. The highest BCUT2D eigenvalue weighted by atomic mass is 16.5. The first-order valence-electron chi connectivity index (χ1n) is 8.70. The molecule has 0 bridgehead atoms. The number of likely N-dealkylation sites (N-methyl/N-ethyl adjacent to an activating group) is 1. The SMILES string of the molecule is CCCC1CCCN(CC(C)(NCC)C(=O)OCC)CC1. The van der Waals surface area contributed by atoms with Crippen LogP contribution in [0.4, 0.5) is 0 Å². The van der Waals surface area contributed by atoms with E-state index in [2.05, 4.69) is 17.1 Å². The third kappa shape index (κ3) is 5.95. The molecule has 0 spiro atoms. The van der Waals surface area contributed by atoms with Crippen LogP contribution in [0.25, 0.3) is 0 Å². The molecule has 0 aromatic heterocycles. The molecule has 4 heteroatoms. The molecule has 0 amide bonds. The van der Waals surface area contributed by atoms with E-state index < -0.39 is 5.54 Å². The van der Waals surface area contributed by atoms with E-state index in [9.17, 15) is 4.79 Å². The smallest absolute Gasteiger partial charge is 0.327 e. The van der Waals surface area contributed by atoms with Gasteiger partial charge in [-0.1, -0.05) is 26.7 Å². The second kappa shape index (κ2) is 9.42. The summed E-state index contributed by atoms with van der Waals surface area (Å²) < 4.78 is 5.26. The minimum Gasteiger partial charge on any atom is -0.465 e. The van der Waals surface area contributed by atoms with Gasteiger partial charge in [-0.05, 0) is 58.7 Å². The van der Waals surface area contributed by atoms with Crippen molar-refractivity contribution in [1.29, 1.82) is 0 Å². The molecule has 1 N–H and O–H groups in total. The molecule has 1 heterocycles. The Morgan fingerprint density at radius 1 is 1.29 bits per heavy atom. The topological polar surface area (TPSA) is 41.6 Å². The molecule has 4 nitrogen and oxygen atoms in total. The lowest BCUT2D eigenvalue weighted by atomic mass is 9.96. The zero-order valence-electron chi connectivity index (χ0n) is 14.4. The molecule has 0 aromatic rings.